The molecule has 16 nitrogen and oxygen atoms in total. The quantitative estimate of drug-likeness (QED) is 0.104. The molecule has 17 heteroatoms. The van der Waals surface area contributed by atoms with E-state index < -0.39 is 45.9 Å². The number of carbonyl (C=O) groups is 3. The second-order valence-electron chi connectivity index (χ2n) is 9.93. The van der Waals surface area contributed by atoms with Crippen LogP contribution in [0.15, 0.2) is 76.6 Å². The molecule has 0 saturated carbocycles. The molecule has 1 aromatic heterocycles. The van der Waals surface area contributed by atoms with Crippen molar-refractivity contribution in [3.63, 3.8) is 0 Å². The van der Waals surface area contributed by atoms with Gasteiger partial charge in [0.2, 0.25) is 5.91 Å². The molecule has 2 aliphatic rings. The molecule has 1 saturated heterocycles. The van der Waals surface area contributed by atoms with Gasteiger partial charge in [-0.2, -0.15) is 0 Å². The van der Waals surface area contributed by atoms with Crippen LogP contribution < -0.4 is 5.73 Å². The van der Waals surface area contributed by atoms with Gasteiger partial charge in [-0.05, 0) is 48.4 Å². The number of rotatable bonds is 11. The summed E-state index contributed by atoms with van der Waals surface area (Å²) in [7, 11) is 0. The van der Waals surface area contributed by atoms with Crippen molar-refractivity contribution >= 4 is 47.0 Å². The van der Waals surface area contributed by atoms with Crippen molar-refractivity contribution in [2.45, 2.75) is 43.9 Å². The Morgan fingerprint density at radius 3 is 2.13 bits per heavy atom. The summed E-state index contributed by atoms with van der Waals surface area (Å²) in [4.78, 5) is 69.8. The number of hydrogen-bond donors (Lipinski definition) is 1. The van der Waals surface area contributed by atoms with E-state index in [1.54, 1.807) is 0 Å². The van der Waals surface area contributed by atoms with Crippen molar-refractivity contribution in [1.82, 2.24) is 14.9 Å². The molecule has 0 aliphatic carbocycles. The fraction of sp³-hybridized carbons (Fsp3) is 0.250. The van der Waals surface area contributed by atoms with Gasteiger partial charge < -0.3 is 24.8 Å². The van der Waals surface area contributed by atoms with E-state index in [-0.39, 0.29) is 47.7 Å². The number of anilines is 1. The smallest absolute Gasteiger partial charge is 0.456 e. The Hall–Kier alpha value is -5.58. The molecule has 1 fully saturated rings. The highest BCUT2D eigenvalue weighted by Gasteiger charge is 2.58. The van der Waals surface area contributed by atoms with Crippen molar-refractivity contribution < 1.29 is 38.4 Å². The molecule has 232 valence electrons. The number of non-ortho nitro benzene ring substituents is 2. The molecule has 3 heterocycles. The van der Waals surface area contributed by atoms with E-state index in [9.17, 15) is 34.6 Å². The lowest BCUT2D eigenvalue weighted by molar-refractivity contribution is -0.385. The zero-order chi connectivity index (χ0) is 32.2. The normalized spacial score (nSPS) is 17.6. The van der Waals surface area contributed by atoms with E-state index in [1.807, 2.05) is 0 Å². The zero-order valence-corrected chi connectivity index (χ0v) is 24.2. The molecule has 3 aromatic rings. The van der Waals surface area contributed by atoms with Crippen molar-refractivity contribution in [3.05, 3.63) is 103 Å². The summed E-state index contributed by atoms with van der Waals surface area (Å²) in [5.41, 5.74) is 6.55. The topological polar surface area (TPSA) is 220 Å². The summed E-state index contributed by atoms with van der Waals surface area (Å²) < 4.78 is 16.0. The minimum absolute atomic E-state index is 0.00728. The number of fused-ring (bicyclic) bond motifs is 1. The fourth-order valence-corrected chi connectivity index (χ4v) is 5.88. The van der Waals surface area contributed by atoms with Gasteiger partial charge in [0.15, 0.2) is 5.16 Å². The first-order chi connectivity index (χ1) is 21.5. The molecule has 0 radical (unpaired) electrons. The standard InChI is InChI=1S/C28H24N6O10S/c1-15(44-28(37)43-14-17-4-8-19(9-5-17)34(40)41)23-20-12-21(45-27-30-11-10-22(29)31-27)24(32(20)25(23)35)26(36)42-13-16-2-6-18(7-3-16)33(38)39/h2-11,15,20,23H,12-14H2,1H3,(H2,29,30,31)/t15-,20+,23?/m1/s1. The van der Waals surface area contributed by atoms with Crippen LogP contribution in [0.4, 0.5) is 22.0 Å². The maximum atomic E-state index is 13.3. The Labute approximate surface area is 258 Å². The summed E-state index contributed by atoms with van der Waals surface area (Å²) >= 11 is 1.05. The number of nitro groups is 2. The number of amides is 1. The third-order valence-electron chi connectivity index (χ3n) is 7.04. The molecule has 2 aromatic carbocycles. The fourth-order valence-electron chi connectivity index (χ4n) is 4.86. The van der Waals surface area contributed by atoms with Crippen LogP contribution in [0.5, 0.6) is 0 Å². The van der Waals surface area contributed by atoms with Crippen LogP contribution in [-0.4, -0.2) is 54.9 Å². The first kappa shape index (κ1) is 30.9. The van der Waals surface area contributed by atoms with Crippen molar-refractivity contribution in [2.75, 3.05) is 5.73 Å². The Balaban J connectivity index is 1.25. The van der Waals surface area contributed by atoms with Crippen LogP contribution in [-0.2, 0) is 37.0 Å². The zero-order valence-electron chi connectivity index (χ0n) is 23.4. The van der Waals surface area contributed by atoms with Gasteiger partial charge in [-0.1, -0.05) is 11.8 Å². The SMILES string of the molecule is C[C@@H](OC(=O)OCc1ccc([N+](=O)[O-])cc1)C1C(=O)N2C(C(=O)OCc3ccc([N+](=O)[O-])cc3)=C(Sc3nccc(N)n3)C[C@@H]12. The van der Waals surface area contributed by atoms with Gasteiger partial charge in [-0.3, -0.25) is 25.0 Å². The number of carbonyl (C=O) groups excluding carboxylic acids is 3. The number of benzene rings is 2. The summed E-state index contributed by atoms with van der Waals surface area (Å²) in [6.07, 6.45) is -0.294. The number of nitrogen functional groups attached to an aromatic ring is 1. The van der Waals surface area contributed by atoms with Crippen LogP contribution in [0.25, 0.3) is 0 Å². The van der Waals surface area contributed by atoms with E-state index in [4.69, 9.17) is 19.9 Å². The van der Waals surface area contributed by atoms with Crippen molar-refractivity contribution in [3.8, 4) is 0 Å². The number of esters is 1. The minimum Gasteiger partial charge on any atom is -0.456 e. The minimum atomic E-state index is -1.04. The summed E-state index contributed by atoms with van der Waals surface area (Å²) in [5, 5.41) is 22.0. The largest absolute Gasteiger partial charge is 0.508 e. The third kappa shape index (κ3) is 6.82. The Bertz CT molecular complexity index is 1700. The maximum absolute atomic E-state index is 13.3. The Morgan fingerprint density at radius 2 is 1.58 bits per heavy atom. The van der Waals surface area contributed by atoms with Gasteiger partial charge in [0.25, 0.3) is 11.4 Å². The van der Waals surface area contributed by atoms with E-state index in [0.717, 1.165) is 11.8 Å². The second kappa shape index (κ2) is 13.0. The molecule has 1 unspecified atom stereocenters. The first-order valence-electron chi connectivity index (χ1n) is 13.3. The number of hydrogen-bond acceptors (Lipinski definition) is 14. The average molecular weight is 637 g/mol. The molecule has 1 amide bonds. The van der Waals surface area contributed by atoms with Crippen LogP contribution in [0.3, 0.4) is 0 Å². The number of nitrogens with two attached hydrogens (primary N) is 1. The predicted molar refractivity (Wildman–Crippen MR) is 155 cm³/mol. The van der Waals surface area contributed by atoms with Crippen LogP contribution in [0.2, 0.25) is 0 Å². The highest BCUT2D eigenvalue weighted by molar-refractivity contribution is 8.03. The van der Waals surface area contributed by atoms with Gasteiger partial charge in [0.05, 0.1) is 21.8 Å². The molecule has 2 N–H and O–H groups in total. The average Bonchev–Trinajstić information content (AvgIpc) is 3.32. The Kier molecular flexibility index (Phi) is 8.89. The van der Waals surface area contributed by atoms with E-state index in [2.05, 4.69) is 9.97 Å². The van der Waals surface area contributed by atoms with E-state index >= 15 is 0 Å². The molecule has 2 aliphatic heterocycles. The predicted octanol–water partition coefficient (Wildman–Crippen LogP) is 3.89. The van der Waals surface area contributed by atoms with Crippen molar-refractivity contribution in [2.24, 2.45) is 5.92 Å². The number of thioether (sulfide) groups is 1. The number of ether oxygens (including phenoxy) is 3. The number of aromatic nitrogens is 2. The maximum Gasteiger partial charge on any atom is 0.508 e. The Morgan fingerprint density at radius 1 is 1.00 bits per heavy atom. The summed E-state index contributed by atoms with van der Waals surface area (Å²) in [6.45, 7) is 1.13. The molecular formula is C28H24N6O10S. The second-order valence-corrected chi connectivity index (χ2v) is 11.0. The molecular weight excluding hydrogens is 612 g/mol. The van der Waals surface area contributed by atoms with Gasteiger partial charge in [-0.25, -0.2) is 19.6 Å². The highest BCUT2D eigenvalue weighted by Crippen LogP contribution is 2.49. The highest BCUT2D eigenvalue weighted by atomic mass is 32.2. The molecule has 0 spiro atoms. The first-order valence-corrected chi connectivity index (χ1v) is 14.1. The van der Waals surface area contributed by atoms with Gasteiger partial charge in [0.1, 0.15) is 30.8 Å². The van der Waals surface area contributed by atoms with Gasteiger partial charge in [0, 0.05) is 41.8 Å². The summed E-state index contributed by atoms with van der Waals surface area (Å²) in [6, 6.07) is 11.9. The van der Waals surface area contributed by atoms with Crippen LogP contribution in [0, 0.1) is 26.1 Å². The lowest BCUT2D eigenvalue weighted by atomic mass is 9.83. The van der Waals surface area contributed by atoms with Crippen LogP contribution in [0.1, 0.15) is 24.5 Å². The monoisotopic (exact) mass is 636 g/mol. The lowest BCUT2D eigenvalue weighted by Crippen LogP contribution is -2.62. The van der Waals surface area contributed by atoms with Gasteiger partial charge in [-0.15, -0.1) is 0 Å². The number of nitro benzene ring substituents is 2. The molecule has 5 rings (SSSR count). The van der Waals surface area contributed by atoms with E-state index in [0.29, 0.717) is 16.0 Å². The van der Waals surface area contributed by atoms with Gasteiger partial charge >= 0.3 is 12.1 Å². The lowest BCUT2D eigenvalue weighted by Gasteiger charge is -2.45. The summed E-state index contributed by atoms with van der Waals surface area (Å²) in [5.74, 6) is -1.86. The van der Waals surface area contributed by atoms with Crippen LogP contribution >= 0.6 is 11.8 Å². The third-order valence-corrected chi connectivity index (χ3v) is 8.03. The molecule has 0 bridgehead atoms. The number of nitrogens with zero attached hydrogens (tertiary/aromatic N) is 5. The van der Waals surface area contributed by atoms with Crippen molar-refractivity contribution in [1.29, 1.82) is 0 Å². The molecule has 3 atom stereocenters. The number of β-lactam (4-membered cyclic amide) rings is 1. The van der Waals surface area contributed by atoms with E-state index in [1.165, 1.54) is 72.6 Å². The molecule has 45 heavy (non-hydrogen) atoms.